The smallest absolute Gasteiger partial charge is 0.349 e. The quantitative estimate of drug-likeness (QED) is 0.713. The molecule has 8 nitrogen and oxygen atoms in total. The second-order valence-corrected chi connectivity index (χ2v) is 6.74. The fraction of sp³-hybridized carbons (Fsp3) is 0.238. The molecule has 29 heavy (non-hydrogen) atoms. The molecule has 2 amide bonds. The fourth-order valence-corrected chi connectivity index (χ4v) is 3.42. The highest BCUT2D eigenvalue weighted by Gasteiger charge is 2.21. The van der Waals surface area contributed by atoms with E-state index in [9.17, 15) is 14.9 Å². The Morgan fingerprint density at radius 3 is 2.79 bits per heavy atom. The van der Waals surface area contributed by atoms with E-state index in [0.29, 0.717) is 41.1 Å². The lowest BCUT2D eigenvalue weighted by molar-refractivity contribution is 0.0964. The highest BCUT2D eigenvalue weighted by molar-refractivity contribution is 6.04. The van der Waals surface area contributed by atoms with E-state index in [0.717, 1.165) is 12.8 Å². The second kappa shape index (κ2) is 8.12. The van der Waals surface area contributed by atoms with Crippen LogP contribution in [-0.4, -0.2) is 28.3 Å². The molecular formula is C21H19N5O3. The van der Waals surface area contributed by atoms with Crippen molar-refractivity contribution in [1.82, 2.24) is 9.55 Å². The van der Waals surface area contributed by atoms with Crippen molar-refractivity contribution in [2.75, 3.05) is 17.2 Å². The van der Waals surface area contributed by atoms with Crippen molar-refractivity contribution < 1.29 is 9.53 Å². The predicted molar refractivity (Wildman–Crippen MR) is 109 cm³/mol. The number of amides is 2. The van der Waals surface area contributed by atoms with Crippen molar-refractivity contribution in [2.45, 2.75) is 25.5 Å². The third-order valence-corrected chi connectivity index (χ3v) is 4.81. The lowest BCUT2D eigenvalue weighted by Crippen LogP contribution is -2.33. The Morgan fingerprint density at radius 2 is 2.00 bits per heavy atom. The van der Waals surface area contributed by atoms with Crippen LogP contribution < -0.4 is 16.3 Å². The van der Waals surface area contributed by atoms with E-state index in [4.69, 9.17) is 4.74 Å². The van der Waals surface area contributed by atoms with Gasteiger partial charge in [0.05, 0.1) is 29.4 Å². The molecule has 1 aliphatic rings. The molecule has 1 fully saturated rings. The number of nitrogens with one attached hydrogen (secondary N) is 2. The highest BCUT2D eigenvalue weighted by atomic mass is 16.5. The summed E-state index contributed by atoms with van der Waals surface area (Å²) in [6.45, 7) is 0.968. The summed E-state index contributed by atoms with van der Waals surface area (Å²) >= 11 is 0. The number of nitriles is 1. The minimum absolute atomic E-state index is 0.0985. The summed E-state index contributed by atoms with van der Waals surface area (Å²) < 4.78 is 7.10. The maximum atomic E-state index is 12.7. The molecule has 2 N–H and O–H groups in total. The molecule has 3 aromatic rings. The first kappa shape index (κ1) is 18.7. The monoisotopic (exact) mass is 389 g/mol. The van der Waals surface area contributed by atoms with Gasteiger partial charge in [-0.2, -0.15) is 10.2 Å². The topological polar surface area (TPSA) is 109 Å². The van der Waals surface area contributed by atoms with Crippen LogP contribution in [0.5, 0.6) is 0 Å². The molecule has 0 spiro atoms. The van der Waals surface area contributed by atoms with E-state index in [1.54, 1.807) is 42.5 Å². The summed E-state index contributed by atoms with van der Waals surface area (Å²) in [5.74, 6) is 0.350. The Labute approximate surface area is 166 Å². The van der Waals surface area contributed by atoms with Crippen molar-refractivity contribution in [3.05, 3.63) is 64.6 Å². The minimum atomic E-state index is -0.551. The Hall–Kier alpha value is -3.70. The Bertz CT molecular complexity index is 1160. The van der Waals surface area contributed by atoms with Crippen LogP contribution in [-0.2, 0) is 11.3 Å². The molecule has 146 valence electrons. The normalized spacial score (nSPS) is 15.8. The molecule has 1 aromatic heterocycles. The molecular weight excluding hydrogens is 370 g/mol. The molecule has 0 radical (unpaired) electrons. The van der Waals surface area contributed by atoms with Crippen molar-refractivity contribution in [1.29, 1.82) is 5.26 Å². The molecule has 8 heteroatoms. The molecule has 0 saturated carbocycles. The summed E-state index contributed by atoms with van der Waals surface area (Å²) in [6.07, 6.45) is 1.69. The number of carbonyl (C=O) groups excluding carboxylic acids is 1. The number of nitrogens with zero attached hydrogens (tertiary/aromatic N) is 3. The lowest BCUT2D eigenvalue weighted by atomic mass is 10.2. The van der Waals surface area contributed by atoms with E-state index in [1.165, 1.54) is 4.57 Å². The van der Waals surface area contributed by atoms with Gasteiger partial charge in [-0.25, -0.2) is 9.59 Å². The number of anilines is 2. The summed E-state index contributed by atoms with van der Waals surface area (Å²) in [4.78, 5) is 29.5. The van der Waals surface area contributed by atoms with Gasteiger partial charge in [-0.1, -0.05) is 24.3 Å². The van der Waals surface area contributed by atoms with Crippen molar-refractivity contribution >= 4 is 28.4 Å². The molecule has 0 bridgehead atoms. The number of para-hydroxylation sites is 2. The number of benzene rings is 2. The predicted octanol–water partition coefficient (Wildman–Crippen LogP) is 3.09. The van der Waals surface area contributed by atoms with Crippen LogP contribution in [0, 0.1) is 11.3 Å². The maximum Gasteiger partial charge on any atom is 0.349 e. The van der Waals surface area contributed by atoms with Gasteiger partial charge in [0.1, 0.15) is 11.9 Å². The first-order valence-corrected chi connectivity index (χ1v) is 9.34. The molecule has 0 unspecified atom stereocenters. The number of hydrogen-bond acceptors (Lipinski definition) is 5. The van der Waals surface area contributed by atoms with Gasteiger partial charge in [0.2, 0.25) is 0 Å². The molecule has 2 aromatic carbocycles. The average Bonchev–Trinajstić information content (AvgIpc) is 3.24. The van der Waals surface area contributed by atoms with E-state index in [2.05, 4.69) is 15.6 Å². The van der Waals surface area contributed by atoms with Gasteiger partial charge in [-0.3, -0.25) is 9.88 Å². The van der Waals surface area contributed by atoms with E-state index in [-0.39, 0.29) is 6.10 Å². The van der Waals surface area contributed by atoms with Crippen molar-refractivity contribution in [3.8, 4) is 6.07 Å². The zero-order valence-electron chi connectivity index (χ0n) is 15.6. The number of hydrogen-bond donors (Lipinski definition) is 2. The van der Waals surface area contributed by atoms with Gasteiger partial charge in [0, 0.05) is 12.0 Å². The van der Waals surface area contributed by atoms with Crippen molar-refractivity contribution in [2.24, 2.45) is 0 Å². The molecule has 0 aliphatic carbocycles. The maximum absolute atomic E-state index is 12.7. The van der Waals surface area contributed by atoms with E-state index in [1.807, 2.05) is 12.1 Å². The van der Waals surface area contributed by atoms with Crippen LogP contribution in [0.4, 0.5) is 16.3 Å². The molecule has 1 saturated heterocycles. The molecule has 1 atom stereocenters. The van der Waals surface area contributed by atoms with Crippen LogP contribution in [0.1, 0.15) is 18.4 Å². The van der Waals surface area contributed by atoms with Gasteiger partial charge in [0.15, 0.2) is 0 Å². The standard InChI is InChI=1S/C21H19N5O3/c22-12-14-6-1-3-9-17(14)23-20(27)25-19-16-8-2-4-10-18(16)24-21(28)26(19)13-15-7-5-11-29-15/h1-4,6,8-10,15H,5,7,11,13H2,(H2,23,25,27)/t15-/m0/s1. The Kier molecular flexibility index (Phi) is 5.22. The molecule has 4 rings (SSSR count). The SMILES string of the molecule is N#Cc1ccccc1NC(=O)Nc1c2ccccc2nc(=O)n1C[C@@H]1CCCO1. The van der Waals surface area contributed by atoms with E-state index >= 15 is 0 Å². The van der Waals surface area contributed by atoms with Crippen LogP contribution in [0.3, 0.4) is 0 Å². The summed E-state index contributed by atoms with van der Waals surface area (Å²) in [6, 6.07) is 15.3. The molecule has 2 heterocycles. The molecule has 1 aliphatic heterocycles. The first-order chi connectivity index (χ1) is 14.2. The second-order valence-electron chi connectivity index (χ2n) is 6.74. The number of fused-ring (bicyclic) bond motifs is 1. The number of rotatable bonds is 4. The first-order valence-electron chi connectivity index (χ1n) is 9.34. The fourth-order valence-electron chi connectivity index (χ4n) is 3.42. The number of aromatic nitrogens is 2. The lowest BCUT2D eigenvalue weighted by Gasteiger charge is -2.18. The zero-order valence-corrected chi connectivity index (χ0v) is 15.6. The van der Waals surface area contributed by atoms with Gasteiger partial charge < -0.3 is 10.1 Å². The van der Waals surface area contributed by atoms with Gasteiger partial charge in [0.25, 0.3) is 0 Å². The Balaban J connectivity index is 1.70. The summed E-state index contributed by atoms with van der Waals surface area (Å²) in [5.41, 5.74) is 0.776. The van der Waals surface area contributed by atoms with Gasteiger partial charge in [-0.15, -0.1) is 0 Å². The van der Waals surface area contributed by atoms with Crippen LogP contribution in [0.25, 0.3) is 10.9 Å². The van der Waals surface area contributed by atoms with Gasteiger partial charge in [-0.05, 0) is 37.1 Å². The third-order valence-electron chi connectivity index (χ3n) is 4.81. The summed E-state index contributed by atoms with van der Waals surface area (Å²) in [5, 5.41) is 15.3. The number of ether oxygens (including phenoxy) is 1. The highest BCUT2D eigenvalue weighted by Crippen LogP contribution is 2.23. The number of urea groups is 1. The van der Waals surface area contributed by atoms with Crippen LogP contribution >= 0.6 is 0 Å². The Morgan fingerprint density at radius 1 is 1.21 bits per heavy atom. The van der Waals surface area contributed by atoms with Gasteiger partial charge >= 0.3 is 11.7 Å². The van der Waals surface area contributed by atoms with Crippen molar-refractivity contribution in [3.63, 3.8) is 0 Å². The largest absolute Gasteiger partial charge is 0.376 e. The van der Waals surface area contributed by atoms with Crippen LogP contribution in [0.15, 0.2) is 53.3 Å². The number of carbonyl (C=O) groups is 1. The zero-order chi connectivity index (χ0) is 20.2. The summed E-state index contributed by atoms with van der Waals surface area (Å²) in [7, 11) is 0. The van der Waals surface area contributed by atoms with Crippen LogP contribution in [0.2, 0.25) is 0 Å². The minimum Gasteiger partial charge on any atom is -0.376 e. The average molecular weight is 389 g/mol. The van der Waals surface area contributed by atoms with E-state index < -0.39 is 11.7 Å². The third kappa shape index (κ3) is 3.95.